The molecule has 0 spiro atoms. The largest absolute Gasteiger partial charge is 0.463 e. The molecule has 0 fully saturated rings. The molecule has 1 unspecified atom stereocenters. The van der Waals surface area contributed by atoms with Crippen molar-refractivity contribution in [2.45, 2.75) is 20.0 Å². The average Bonchev–Trinajstić information content (AvgIpc) is 2.40. The Morgan fingerprint density at radius 3 is 2.58 bits per heavy atom. The molecule has 102 valence electrons. The summed E-state index contributed by atoms with van der Waals surface area (Å²) in [4.78, 5) is 11.8. The summed E-state index contributed by atoms with van der Waals surface area (Å²) in [7, 11) is 0. The molecular formula is C15H17FO3. The number of aliphatic hydroxyl groups is 1. The van der Waals surface area contributed by atoms with E-state index in [-0.39, 0.29) is 12.2 Å². The first-order chi connectivity index (χ1) is 9.10. The zero-order valence-corrected chi connectivity index (χ0v) is 11.0. The van der Waals surface area contributed by atoms with Crippen LogP contribution < -0.4 is 0 Å². The Labute approximate surface area is 112 Å². The van der Waals surface area contributed by atoms with Gasteiger partial charge in [0.25, 0.3) is 0 Å². The second kappa shape index (κ2) is 7.48. The molecule has 19 heavy (non-hydrogen) atoms. The zero-order valence-electron chi connectivity index (χ0n) is 11.0. The number of hydrogen-bond acceptors (Lipinski definition) is 3. The highest BCUT2D eigenvalue weighted by atomic mass is 19.1. The summed E-state index contributed by atoms with van der Waals surface area (Å²) in [5.74, 6) is -0.983. The number of hydrogen-bond donors (Lipinski definition) is 1. The fraction of sp³-hybridized carbons (Fsp3) is 0.267. The Bertz CT molecular complexity index is 475. The van der Waals surface area contributed by atoms with E-state index in [1.54, 1.807) is 26.0 Å². The van der Waals surface area contributed by atoms with Gasteiger partial charge in [-0.25, -0.2) is 9.18 Å². The van der Waals surface area contributed by atoms with Crippen molar-refractivity contribution in [1.82, 2.24) is 0 Å². The van der Waals surface area contributed by atoms with E-state index >= 15 is 0 Å². The summed E-state index contributed by atoms with van der Waals surface area (Å²) in [5, 5.41) is 10.2. The SMILES string of the molecule is C/C=C\C=C(\C(=O)OCC)C(O)c1ccc(F)cc1. The van der Waals surface area contributed by atoms with E-state index in [4.69, 9.17) is 4.74 Å². The lowest BCUT2D eigenvalue weighted by atomic mass is 10.0. The van der Waals surface area contributed by atoms with Crippen molar-refractivity contribution in [1.29, 1.82) is 0 Å². The van der Waals surface area contributed by atoms with Gasteiger partial charge in [-0.1, -0.05) is 24.3 Å². The summed E-state index contributed by atoms with van der Waals surface area (Å²) < 4.78 is 17.7. The lowest BCUT2D eigenvalue weighted by Gasteiger charge is -2.14. The molecule has 3 nitrogen and oxygen atoms in total. The van der Waals surface area contributed by atoms with Crippen LogP contribution in [0, 0.1) is 5.82 Å². The summed E-state index contributed by atoms with van der Waals surface area (Å²) in [6, 6.07) is 5.33. The van der Waals surface area contributed by atoms with E-state index in [1.807, 2.05) is 0 Å². The van der Waals surface area contributed by atoms with Gasteiger partial charge in [-0.05, 0) is 37.6 Å². The molecule has 0 aromatic heterocycles. The van der Waals surface area contributed by atoms with E-state index in [2.05, 4.69) is 0 Å². The molecule has 0 heterocycles. The van der Waals surface area contributed by atoms with Gasteiger partial charge in [0.2, 0.25) is 0 Å². The molecular weight excluding hydrogens is 247 g/mol. The molecule has 0 bridgehead atoms. The van der Waals surface area contributed by atoms with Crippen molar-refractivity contribution in [2.75, 3.05) is 6.61 Å². The fourth-order valence-corrected chi connectivity index (χ4v) is 1.51. The molecule has 1 rings (SSSR count). The maximum Gasteiger partial charge on any atom is 0.337 e. The maximum atomic E-state index is 12.8. The predicted molar refractivity (Wildman–Crippen MR) is 70.9 cm³/mol. The first-order valence-electron chi connectivity index (χ1n) is 6.03. The predicted octanol–water partition coefficient (Wildman–Crippen LogP) is 2.92. The number of halogens is 1. The van der Waals surface area contributed by atoms with Crippen molar-refractivity contribution in [3.05, 3.63) is 59.4 Å². The molecule has 0 aliphatic heterocycles. The van der Waals surface area contributed by atoms with Crippen LogP contribution in [0.4, 0.5) is 4.39 Å². The van der Waals surface area contributed by atoms with Crippen molar-refractivity contribution in [3.8, 4) is 0 Å². The number of rotatable bonds is 5. The smallest absolute Gasteiger partial charge is 0.337 e. The fourth-order valence-electron chi connectivity index (χ4n) is 1.51. The van der Waals surface area contributed by atoms with E-state index in [1.165, 1.54) is 30.3 Å². The van der Waals surface area contributed by atoms with Crippen LogP contribution in [-0.2, 0) is 9.53 Å². The monoisotopic (exact) mass is 264 g/mol. The van der Waals surface area contributed by atoms with Crippen LogP contribution in [0.2, 0.25) is 0 Å². The first-order valence-corrected chi connectivity index (χ1v) is 6.03. The average molecular weight is 264 g/mol. The maximum absolute atomic E-state index is 12.8. The Morgan fingerprint density at radius 2 is 2.05 bits per heavy atom. The highest BCUT2D eigenvalue weighted by molar-refractivity contribution is 5.90. The number of carbonyl (C=O) groups is 1. The van der Waals surface area contributed by atoms with Crippen LogP contribution in [0.3, 0.4) is 0 Å². The zero-order chi connectivity index (χ0) is 14.3. The van der Waals surface area contributed by atoms with Gasteiger partial charge in [-0.2, -0.15) is 0 Å². The van der Waals surface area contributed by atoms with Gasteiger partial charge >= 0.3 is 5.97 Å². The third-order valence-corrected chi connectivity index (χ3v) is 2.46. The highest BCUT2D eigenvalue weighted by Crippen LogP contribution is 2.23. The number of esters is 1. The van der Waals surface area contributed by atoms with Crippen molar-refractivity contribution in [2.24, 2.45) is 0 Å². The van der Waals surface area contributed by atoms with Gasteiger partial charge in [0.1, 0.15) is 11.9 Å². The van der Waals surface area contributed by atoms with Gasteiger partial charge in [-0.15, -0.1) is 0 Å². The van der Waals surface area contributed by atoms with Gasteiger partial charge in [0, 0.05) is 0 Å². The van der Waals surface area contributed by atoms with Crippen LogP contribution in [0.5, 0.6) is 0 Å². The Balaban J connectivity index is 3.03. The van der Waals surface area contributed by atoms with Crippen molar-refractivity contribution < 1.29 is 19.0 Å². The second-order valence-electron chi connectivity index (χ2n) is 3.82. The molecule has 1 atom stereocenters. The molecule has 1 aromatic carbocycles. The quantitative estimate of drug-likeness (QED) is 0.505. The van der Waals surface area contributed by atoms with Gasteiger partial charge < -0.3 is 9.84 Å². The Hall–Kier alpha value is -1.94. The minimum atomic E-state index is -1.14. The molecule has 0 aliphatic carbocycles. The molecule has 0 radical (unpaired) electrons. The summed E-state index contributed by atoms with van der Waals surface area (Å²) >= 11 is 0. The van der Waals surface area contributed by atoms with Crippen LogP contribution in [0.15, 0.2) is 48.1 Å². The Kier molecular flexibility index (Phi) is 5.96. The molecule has 0 amide bonds. The summed E-state index contributed by atoms with van der Waals surface area (Å²) in [6.45, 7) is 3.71. The van der Waals surface area contributed by atoms with Crippen LogP contribution in [0.25, 0.3) is 0 Å². The minimum absolute atomic E-state index is 0.117. The molecule has 1 N–H and O–H groups in total. The third-order valence-electron chi connectivity index (χ3n) is 2.46. The first kappa shape index (κ1) is 15.1. The van der Waals surface area contributed by atoms with Crippen LogP contribution in [-0.4, -0.2) is 17.7 Å². The molecule has 0 saturated heterocycles. The molecule has 0 aliphatic rings. The standard InChI is InChI=1S/C15H17FO3/c1-3-5-6-13(15(18)19-4-2)14(17)11-7-9-12(16)10-8-11/h3,5-10,14,17H,4H2,1-2H3/b5-3-,13-6+. The van der Waals surface area contributed by atoms with Gasteiger partial charge in [0.05, 0.1) is 12.2 Å². The highest BCUT2D eigenvalue weighted by Gasteiger charge is 2.21. The number of ether oxygens (including phenoxy) is 1. The van der Waals surface area contributed by atoms with E-state index in [9.17, 15) is 14.3 Å². The molecule has 1 aromatic rings. The summed E-state index contributed by atoms with van der Waals surface area (Å²) in [6.07, 6.45) is 3.72. The van der Waals surface area contributed by atoms with Crippen molar-refractivity contribution in [3.63, 3.8) is 0 Å². The van der Waals surface area contributed by atoms with E-state index in [0.717, 1.165) is 0 Å². The topological polar surface area (TPSA) is 46.5 Å². The molecule has 4 heteroatoms. The lowest BCUT2D eigenvalue weighted by Crippen LogP contribution is -2.14. The van der Waals surface area contributed by atoms with Gasteiger partial charge in [0.15, 0.2) is 0 Å². The number of allylic oxidation sites excluding steroid dienone is 3. The lowest BCUT2D eigenvalue weighted by molar-refractivity contribution is -0.139. The Morgan fingerprint density at radius 1 is 1.42 bits per heavy atom. The van der Waals surface area contributed by atoms with Crippen molar-refractivity contribution >= 4 is 5.97 Å². The normalized spacial score (nSPS) is 13.6. The number of carbonyl (C=O) groups excluding carboxylic acids is 1. The van der Waals surface area contributed by atoms with Crippen LogP contribution in [0.1, 0.15) is 25.5 Å². The number of benzene rings is 1. The van der Waals surface area contributed by atoms with E-state index < -0.39 is 17.9 Å². The van der Waals surface area contributed by atoms with Crippen LogP contribution >= 0.6 is 0 Å². The van der Waals surface area contributed by atoms with Gasteiger partial charge in [-0.3, -0.25) is 0 Å². The number of aliphatic hydroxyl groups excluding tert-OH is 1. The van der Waals surface area contributed by atoms with E-state index in [0.29, 0.717) is 5.56 Å². The second-order valence-corrected chi connectivity index (χ2v) is 3.82. The third kappa shape index (κ3) is 4.34. The minimum Gasteiger partial charge on any atom is -0.463 e. The summed E-state index contributed by atoms with van der Waals surface area (Å²) in [5.41, 5.74) is 0.553. The molecule has 0 saturated carbocycles.